The van der Waals surface area contributed by atoms with Crippen LogP contribution in [0.3, 0.4) is 0 Å². The Balaban J connectivity index is 1.83. The first-order chi connectivity index (χ1) is 12.2. The highest BCUT2D eigenvalue weighted by atomic mass is 16.2. The third-order valence-electron chi connectivity index (χ3n) is 4.49. The summed E-state index contributed by atoms with van der Waals surface area (Å²) in [5, 5.41) is 5.50. The summed E-state index contributed by atoms with van der Waals surface area (Å²) in [6, 6.07) is 9.80. The fourth-order valence-electron chi connectivity index (χ4n) is 3.27. The third kappa shape index (κ3) is 2.48. The summed E-state index contributed by atoms with van der Waals surface area (Å²) in [6.07, 6.45) is 7.43. The molecule has 1 saturated heterocycles. The van der Waals surface area contributed by atoms with Crippen LogP contribution in [0, 0.1) is 12.3 Å². The molecular formula is C18H16N6O. The number of fused-ring (bicyclic) bond motifs is 1. The van der Waals surface area contributed by atoms with Gasteiger partial charge in [-0.2, -0.15) is 5.10 Å². The van der Waals surface area contributed by atoms with E-state index < -0.39 is 0 Å². The number of hydrogen-bond acceptors (Lipinski definition) is 5. The van der Waals surface area contributed by atoms with Gasteiger partial charge in [-0.3, -0.25) is 4.79 Å². The average molecular weight is 332 g/mol. The lowest BCUT2D eigenvalue weighted by molar-refractivity contribution is -0.124. The maximum absolute atomic E-state index is 11.7. The molecule has 124 valence electrons. The lowest BCUT2D eigenvalue weighted by atomic mass is 10.1. The number of aromatic nitrogens is 4. The molecule has 2 aromatic heterocycles. The number of amides is 1. The fourth-order valence-corrected chi connectivity index (χ4v) is 3.27. The van der Waals surface area contributed by atoms with Gasteiger partial charge in [-0.1, -0.05) is 30.3 Å². The second-order valence-corrected chi connectivity index (χ2v) is 5.95. The first-order valence-corrected chi connectivity index (χ1v) is 7.98. The zero-order valence-electron chi connectivity index (χ0n) is 13.5. The molecule has 3 heterocycles. The molecule has 0 aliphatic carbocycles. The van der Waals surface area contributed by atoms with Crippen LogP contribution in [-0.4, -0.2) is 43.6 Å². The summed E-state index contributed by atoms with van der Waals surface area (Å²) in [5.74, 6) is 2.27. The van der Waals surface area contributed by atoms with Crippen molar-refractivity contribution in [2.45, 2.75) is 12.5 Å². The van der Waals surface area contributed by atoms with Gasteiger partial charge in [0.15, 0.2) is 5.65 Å². The van der Waals surface area contributed by atoms with Crippen LogP contribution in [0.25, 0.3) is 22.3 Å². The number of carbonyl (C=O) groups is 1. The summed E-state index contributed by atoms with van der Waals surface area (Å²) < 4.78 is 1.85. The van der Waals surface area contributed by atoms with Crippen molar-refractivity contribution >= 4 is 22.8 Å². The highest BCUT2D eigenvalue weighted by Gasteiger charge is 2.30. The SMILES string of the molecule is C#CC(=O)N1CCC(n2nc(-c3ccccc3)c3c(N)ncnc32)C1. The maximum atomic E-state index is 11.7. The molecule has 4 rings (SSSR count). The van der Waals surface area contributed by atoms with E-state index in [1.807, 2.05) is 35.0 Å². The minimum Gasteiger partial charge on any atom is -0.383 e. The van der Waals surface area contributed by atoms with Crippen LogP contribution in [0.2, 0.25) is 0 Å². The minimum absolute atomic E-state index is 0.00608. The number of carbonyl (C=O) groups excluding carboxylic acids is 1. The maximum Gasteiger partial charge on any atom is 0.298 e. The molecule has 3 aromatic rings. The normalized spacial score (nSPS) is 16.9. The van der Waals surface area contributed by atoms with E-state index in [-0.39, 0.29) is 11.9 Å². The van der Waals surface area contributed by atoms with E-state index in [1.54, 1.807) is 4.90 Å². The number of anilines is 1. The van der Waals surface area contributed by atoms with Gasteiger partial charge in [0.1, 0.15) is 17.8 Å². The number of nitrogens with two attached hydrogens (primary N) is 1. The second-order valence-electron chi connectivity index (χ2n) is 5.95. The number of hydrogen-bond donors (Lipinski definition) is 1. The predicted molar refractivity (Wildman–Crippen MR) is 94.2 cm³/mol. The molecule has 1 atom stereocenters. The molecule has 1 aliphatic rings. The summed E-state index contributed by atoms with van der Waals surface area (Å²) >= 11 is 0. The zero-order valence-corrected chi connectivity index (χ0v) is 13.5. The number of terminal acetylenes is 1. The van der Waals surface area contributed by atoms with Gasteiger partial charge < -0.3 is 10.6 Å². The van der Waals surface area contributed by atoms with E-state index in [0.29, 0.717) is 24.6 Å². The lowest BCUT2D eigenvalue weighted by Crippen LogP contribution is -2.27. The van der Waals surface area contributed by atoms with Crippen molar-refractivity contribution in [2.24, 2.45) is 0 Å². The minimum atomic E-state index is -0.295. The number of nitrogen functional groups attached to an aromatic ring is 1. The Hall–Kier alpha value is -3.40. The molecule has 7 heteroatoms. The van der Waals surface area contributed by atoms with Gasteiger partial charge in [-0.15, -0.1) is 6.42 Å². The van der Waals surface area contributed by atoms with E-state index in [2.05, 4.69) is 15.9 Å². The molecule has 0 radical (unpaired) electrons. The number of benzene rings is 1. The molecular weight excluding hydrogens is 316 g/mol. The molecule has 2 N–H and O–H groups in total. The van der Waals surface area contributed by atoms with E-state index in [0.717, 1.165) is 23.1 Å². The van der Waals surface area contributed by atoms with Crippen LogP contribution in [0.1, 0.15) is 12.5 Å². The first-order valence-electron chi connectivity index (χ1n) is 7.98. The molecule has 0 spiro atoms. The van der Waals surface area contributed by atoms with Crippen LogP contribution >= 0.6 is 0 Å². The summed E-state index contributed by atoms with van der Waals surface area (Å²) in [7, 11) is 0. The molecule has 1 fully saturated rings. The third-order valence-corrected chi connectivity index (χ3v) is 4.49. The Morgan fingerprint density at radius 2 is 2.08 bits per heavy atom. The van der Waals surface area contributed by atoms with Crippen molar-refractivity contribution in [1.82, 2.24) is 24.6 Å². The predicted octanol–water partition coefficient (Wildman–Crippen LogP) is 1.48. The average Bonchev–Trinajstić information content (AvgIpc) is 3.27. The first kappa shape index (κ1) is 15.1. The van der Waals surface area contributed by atoms with Crippen LogP contribution < -0.4 is 5.73 Å². The van der Waals surface area contributed by atoms with E-state index in [1.165, 1.54) is 6.33 Å². The molecule has 25 heavy (non-hydrogen) atoms. The Morgan fingerprint density at radius 3 is 2.84 bits per heavy atom. The Morgan fingerprint density at radius 1 is 1.28 bits per heavy atom. The lowest BCUT2D eigenvalue weighted by Gasteiger charge is -2.13. The van der Waals surface area contributed by atoms with Crippen molar-refractivity contribution in [2.75, 3.05) is 18.8 Å². The van der Waals surface area contributed by atoms with E-state index in [9.17, 15) is 4.79 Å². The second kappa shape index (κ2) is 5.91. The van der Waals surface area contributed by atoms with Gasteiger partial charge in [0.05, 0.1) is 11.4 Å². The Bertz CT molecular complexity index is 988. The van der Waals surface area contributed by atoms with Crippen molar-refractivity contribution in [1.29, 1.82) is 0 Å². The molecule has 0 saturated carbocycles. The van der Waals surface area contributed by atoms with Crippen molar-refractivity contribution in [3.05, 3.63) is 36.7 Å². The van der Waals surface area contributed by atoms with Gasteiger partial charge in [0.25, 0.3) is 5.91 Å². The van der Waals surface area contributed by atoms with E-state index in [4.69, 9.17) is 17.3 Å². The van der Waals surface area contributed by atoms with Gasteiger partial charge >= 0.3 is 0 Å². The fraction of sp³-hybridized carbons (Fsp3) is 0.222. The van der Waals surface area contributed by atoms with Crippen LogP contribution in [0.5, 0.6) is 0 Å². The van der Waals surface area contributed by atoms with Crippen molar-refractivity contribution < 1.29 is 4.79 Å². The summed E-state index contributed by atoms with van der Waals surface area (Å²) in [6.45, 7) is 1.12. The van der Waals surface area contributed by atoms with Crippen LogP contribution in [-0.2, 0) is 4.79 Å². The quantitative estimate of drug-likeness (QED) is 0.718. The van der Waals surface area contributed by atoms with Crippen molar-refractivity contribution in [3.8, 4) is 23.6 Å². The highest BCUT2D eigenvalue weighted by molar-refractivity contribution is 5.98. The smallest absolute Gasteiger partial charge is 0.298 e. The number of likely N-dealkylation sites (tertiary alicyclic amines) is 1. The molecule has 0 bridgehead atoms. The Kier molecular flexibility index (Phi) is 3.58. The van der Waals surface area contributed by atoms with E-state index >= 15 is 0 Å². The van der Waals surface area contributed by atoms with Gasteiger partial charge in [-0.05, 0) is 12.3 Å². The van der Waals surface area contributed by atoms with Crippen LogP contribution in [0.4, 0.5) is 5.82 Å². The monoisotopic (exact) mass is 332 g/mol. The Labute approximate surface area is 144 Å². The largest absolute Gasteiger partial charge is 0.383 e. The van der Waals surface area contributed by atoms with Crippen LogP contribution in [0.15, 0.2) is 36.7 Å². The van der Waals surface area contributed by atoms with Gasteiger partial charge in [0.2, 0.25) is 0 Å². The molecule has 1 aromatic carbocycles. The molecule has 1 unspecified atom stereocenters. The van der Waals surface area contributed by atoms with Gasteiger partial charge in [-0.25, -0.2) is 14.6 Å². The summed E-state index contributed by atoms with van der Waals surface area (Å²) in [5.41, 5.74) is 8.47. The highest BCUT2D eigenvalue weighted by Crippen LogP contribution is 2.33. The van der Waals surface area contributed by atoms with Gasteiger partial charge in [0, 0.05) is 18.7 Å². The molecule has 1 aliphatic heterocycles. The number of rotatable bonds is 2. The summed E-state index contributed by atoms with van der Waals surface area (Å²) in [4.78, 5) is 21.9. The van der Waals surface area contributed by atoms with Crippen molar-refractivity contribution in [3.63, 3.8) is 0 Å². The molecule has 7 nitrogen and oxygen atoms in total. The zero-order chi connectivity index (χ0) is 17.4. The molecule has 1 amide bonds. The topological polar surface area (TPSA) is 89.9 Å². The standard InChI is InChI=1S/C18H16N6O/c1-2-14(25)23-9-8-13(10-23)24-18-15(17(19)20-11-21-18)16(22-24)12-6-4-3-5-7-12/h1,3-7,11,13H,8-10H2,(H2,19,20,21). The number of nitrogens with zero attached hydrogens (tertiary/aromatic N) is 5.